The first kappa shape index (κ1) is 13.2. The highest BCUT2D eigenvalue weighted by molar-refractivity contribution is 6.34. The summed E-state index contributed by atoms with van der Waals surface area (Å²) < 4.78 is 13.5. The molecule has 2 N–H and O–H groups in total. The van der Waals surface area contributed by atoms with Crippen molar-refractivity contribution in [2.24, 2.45) is 0 Å². The third-order valence-electron chi connectivity index (χ3n) is 2.07. The highest BCUT2D eigenvalue weighted by Crippen LogP contribution is 2.31. The van der Waals surface area contributed by atoms with Gasteiger partial charge in [0, 0.05) is 17.5 Å². The number of benzene rings is 1. The number of anilines is 1. The summed E-state index contributed by atoms with van der Waals surface area (Å²) in [5.41, 5.74) is -0.655. The molecule has 0 amide bonds. The van der Waals surface area contributed by atoms with Gasteiger partial charge in [-0.3, -0.25) is 10.1 Å². The number of nitrogens with one attached hydrogen (secondary N) is 1. The quantitative estimate of drug-likeness (QED) is 0.639. The second-order valence-electron chi connectivity index (χ2n) is 3.13. The Morgan fingerprint density at radius 2 is 2.29 bits per heavy atom. The Bertz CT molecular complexity index is 492. The lowest BCUT2D eigenvalue weighted by Gasteiger charge is -2.10. The number of aromatic carboxylic acids is 1. The molecule has 0 bridgehead atoms. The first-order valence-electron chi connectivity index (χ1n) is 4.42. The lowest BCUT2D eigenvalue weighted by molar-refractivity contribution is -0.496. The van der Waals surface area contributed by atoms with Gasteiger partial charge in [-0.15, -0.1) is 0 Å². The fraction of sp³-hybridized carbons (Fsp3) is 0.222. The summed E-state index contributed by atoms with van der Waals surface area (Å²) in [4.78, 5) is 20.5. The van der Waals surface area contributed by atoms with Gasteiger partial charge in [0.1, 0.15) is 5.02 Å². The van der Waals surface area contributed by atoms with Crippen LogP contribution in [0.5, 0.6) is 0 Å². The average molecular weight is 263 g/mol. The van der Waals surface area contributed by atoms with Crippen LogP contribution in [0.25, 0.3) is 0 Å². The van der Waals surface area contributed by atoms with E-state index in [1.807, 2.05) is 0 Å². The van der Waals surface area contributed by atoms with Gasteiger partial charge in [0.25, 0.3) is 0 Å². The number of halogens is 2. The van der Waals surface area contributed by atoms with Crippen molar-refractivity contribution >= 4 is 23.3 Å². The van der Waals surface area contributed by atoms with Crippen LogP contribution in [-0.4, -0.2) is 23.0 Å². The molecule has 0 heterocycles. The van der Waals surface area contributed by atoms with Crippen molar-refractivity contribution in [1.82, 2.24) is 0 Å². The largest absolute Gasteiger partial charge is 0.478 e. The molecule has 0 aromatic heterocycles. The van der Waals surface area contributed by atoms with Crippen molar-refractivity contribution < 1.29 is 19.2 Å². The number of nitrogens with zero attached hydrogens (tertiary/aromatic N) is 1. The predicted octanol–water partition coefficient (Wildman–Crippen LogP) is 2.00. The predicted molar refractivity (Wildman–Crippen MR) is 58.6 cm³/mol. The molecule has 1 aromatic rings. The van der Waals surface area contributed by atoms with E-state index >= 15 is 0 Å². The second kappa shape index (κ2) is 4.96. The molecule has 8 heteroatoms. The van der Waals surface area contributed by atoms with Gasteiger partial charge in [0.15, 0.2) is 5.82 Å². The van der Waals surface area contributed by atoms with Crippen LogP contribution in [0.3, 0.4) is 0 Å². The number of rotatable bonds is 4. The topological polar surface area (TPSA) is 92.5 Å². The van der Waals surface area contributed by atoms with Gasteiger partial charge >= 0.3 is 5.97 Å². The van der Waals surface area contributed by atoms with Gasteiger partial charge in [0.05, 0.1) is 11.3 Å². The minimum atomic E-state index is -1.53. The molecule has 0 aliphatic heterocycles. The normalized spacial score (nSPS) is 10.1. The first-order chi connectivity index (χ1) is 7.88. The third kappa shape index (κ3) is 2.62. The Kier molecular flexibility index (Phi) is 3.84. The minimum absolute atomic E-state index is 0.0151. The van der Waals surface area contributed by atoms with Crippen molar-refractivity contribution in [1.29, 1.82) is 0 Å². The van der Waals surface area contributed by atoms with Crippen LogP contribution in [-0.2, 0) is 6.54 Å². The number of nitro groups is 1. The molecule has 0 radical (unpaired) electrons. The lowest BCUT2D eigenvalue weighted by Crippen LogP contribution is -2.09. The Labute approximate surface area is 100 Å². The minimum Gasteiger partial charge on any atom is -0.478 e. The molecular weight excluding hydrogens is 255 g/mol. The van der Waals surface area contributed by atoms with Crippen molar-refractivity contribution in [3.05, 3.63) is 38.1 Å². The average Bonchev–Trinajstić information content (AvgIpc) is 2.22. The fourth-order valence-electron chi connectivity index (χ4n) is 1.37. The summed E-state index contributed by atoms with van der Waals surface area (Å²) in [5.74, 6) is -2.65. The van der Waals surface area contributed by atoms with E-state index in [9.17, 15) is 19.3 Å². The van der Waals surface area contributed by atoms with Crippen LogP contribution in [0.1, 0.15) is 15.9 Å². The summed E-state index contributed by atoms with van der Waals surface area (Å²) in [5, 5.41) is 21.2. The molecule has 17 heavy (non-hydrogen) atoms. The molecular formula is C9H8ClFN2O4. The van der Waals surface area contributed by atoms with Crippen molar-refractivity contribution in [3.63, 3.8) is 0 Å². The molecule has 0 spiro atoms. The summed E-state index contributed by atoms with van der Waals surface area (Å²) in [6.45, 7) is -0.642. The number of hydrogen-bond acceptors (Lipinski definition) is 4. The maximum Gasteiger partial charge on any atom is 0.338 e. The molecule has 0 unspecified atom stereocenters. The van der Waals surface area contributed by atoms with Crippen LogP contribution >= 0.6 is 11.6 Å². The van der Waals surface area contributed by atoms with Gasteiger partial charge < -0.3 is 10.4 Å². The van der Waals surface area contributed by atoms with Gasteiger partial charge in [-0.25, -0.2) is 9.18 Å². The van der Waals surface area contributed by atoms with Crippen molar-refractivity contribution in [2.45, 2.75) is 6.54 Å². The second-order valence-corrected chi connectivity index (χ2v) is 3.51. The summed E-state index contributed by atoms with van der Waals surface area (Å²) in [6, 6.07) is 0.901. The molecule has 0 aliphatic carbocycles. The van der Waals surface area contributed by atoms with Crippen LogP contribution < -0.4 is 5.32 Å². The Morgan fingerprint density at radius 3 is 2.71 bits per heavy atom. The van der Waals surface area contributed by atoms with Crippen LogP contribution in [0.15, 0.2) is 6.07 Å². The smallest absolute Gasteiger partial charge is 0.338 e. The SMILES string of the molecule is CNc1c(C[N+](=O)[O-])cc(C(=O)O)c(F)c1Cl. The van der Waals surface area contributed by atoms with Crippen molar-refractivity contribution in [2.75, 3.05) is 12.4 Å². The highest BCUT2D eigenvalue weighted by atomic mass is 35.5. The highest BCUT2D eigenvalue weighted by Gasteiger charge is 2.22. The molecule has 0 saturated heterocycles. The van der Waals surface area contributed by atoms with Crippen LogP contribution in [0.4, 0.5) is 10.1 Å². The number of carboxylic acid groups (broad SMARTS) is 1. The first-order valence-corrected chi connectivity index (χ1v) is 4.80. The fourth-order valence-corrected chi connectivity index (χ4v) is 1.69. The number of hydrogen-bond donors (Lipinski definition) is 2. The third-order valence-corrected chi connectivity index (χ3v) is 2.42. The standard InChI is InChI=1S/C9H8ClFN2O4/c1-12-8-4(3-13(16)17)2-5(9(14)15)7(11)6(8)10/h2,12H,3H2,1H3,(H,14,15). The molecule has 0 aliphatic rings. The molecule has 1 rings (SSSR count). The van der Waals surface area contributed by atoms with E-state index in [1.54, 1.807) is 0 Å². The van der Waals surface area contributed by atoms with Crippen LogP contribution in [0.2, 0.25) is 5.02 Å². The zero-order chi connectivity index (χ0) is 13.2. The summed E-state index contributed by atoms with van der Waals surface area (Å²) in [7, 11) is 1.41. The zero-order valence-corrected chi connectivity index (χ0v) is 9.42. The molecule has 0 atom stereocenters. The zero-order valence-electron chi connectivity index (χ0n) is 8.66. The van der Waals surface area contributed by atoms with Gasteiger partial charge in [-0.2, -0.15) is 0 Å². The van der Waals surface area contributed by atoms with E-state index in [2.05, 4.69) is 5.32 Å². The molecule has 6 nitrogen and oxygen atoms in total. The van der Waals surface area contributed by atoms with E-state index in [-0.39, 0.29) is 11.3 Å². The van der Waals surface area contributed by atoms with Gasteiger partial charge in [-0.1, -0.05) is 11.6 Å². The maximum absolute atomic E-state index is 13.5. The van der Waals surface area contributed by atoms with E-state index in [0.717, 1.165) is 6.07 Å². The number of carbonyl (C=O) groups is 1. The molecule has 0 saturated carbocycles. The summed E-state index contributed by atoms with van der Waals surface area (Å²) in [6.07, 6.45) is 0. The van der Waals surface area contributed by atoms with Crippen LogP contribution in [0, 0.1) is 15.9 Å². The summed E-state index contributed by atoms with van der Waals surface area (Å²) >= 11 is 5.61. The van der Waals surface area contributed by atoms with E-state index < -0.39 is 33.8 Å². The van der Waals surface area contributed by atoms with E-state index in [0.29, 0.717) is 0 Å². The molecule has 0 fully saturated rings. The Balaban J connectivity index is 3.46. The van der Waals surface area contributed by atoms with Crippen molar-refractivity contribution in [3.8, 4) is 0 Å². The van der Waals surface area contributed by atoms with Gasteiger partial charge in [0.2, 0.25) is 6.54 Å². The van der Waals surface area contributed by atoms with Gasteiger partial charge in [-0.05, 0) is 6.07 Å². The molecule has 1 aromatic carbocycles. The monoisotopic (exact) mass is 262 g/mol. The maximum atomic E-state index is 13.5. The van der Waals surface area contributed by atoms with E-state index in [1.165, 1.54) is 7.05 Å². The Hall–Kier alpha value is -1.89. The lowest BCUT2D eigenvalue weighted by atomic mass is 10.1. The molecule has 92 valence electrons. The number of carboxylic acids is 1. The Morgan fingerprint density at radius 1 is 1.71 bits per heavy atom. The van der Waals surface area contributed by atoms with E-state index in [4.69, 9.17) is 16.7 Å².